The molecule has 23 heavy (non-hydrogen) atoms. The predicted octanol–water partition coefficient (Wildman–Crippen LogP) is 7.17. The lowest BCUT2D eigenvalue weighted by Gasteiger charge is -2.33. The SMILES string of the molecule is C/C(=C1\CCC[C@]12C1CC=CCC12C(C)CC(C)C)C(C)(C)C. The van der Waals surface area contributed by atoms with Crippen LogP contribution in [-0.4, -0.2) is 0 Å². The zero-order valence-electron chi connectivity index (χ0n) is 16.6. The van der Waals surface area contributed by atoms with Crippen LogP contribution >= 0.6 is 0 Å². The fraction of sp³-hybridized carbons (Fsp3) is 0.826. The Balaban J connectivity index is 2.04. The molecule has 0 bridgehead atoms. The molecule has 0 N–H and O–H groups in total. The van der Waals surface area contributed by atoms with Crippen molar-refractivity contribution in [1.29, 1.82) is 0 Å². The summed E-state index contributed by atoms with van der Waals surface area (Å²) in [6, 6.07) is 0. The molecule has 0 aromatic heterocycles. The van der Waals surface area contributed by atoms with E-state index in [4.69, 9.17) is 0 Å². The summed E-state index contributed by atoms with van der Waals surface area (Å²) in [6.07, 6.45) is 13.3. The highest BCUT2D eigenvalue weighted by atomic mass is 14.8. The summed E-state index contributed by atoms with van der Waals surface area (Å²) in [5, 5.41) is 0. The lowest BCUT2D eigenvalue weighted by molar-refractivity contribution is 0.218. The maximum absolute atomic E-state index is 2.57. The topological polar surface area (TPSA) is 0 Å². The molecule has 4 atom stereocenters. The van der Waals surface area contributed by atoms with Crippen LogP contribution < -0.4 is 0 Å². The molecule has 2 saturated carbocycles. The van der Waals surface area contributed by atoms with E-state index in [-0.39, 0.29) is 0 Å². The Labute approximate surface area is 144 Å². The average Bonchev–Trinajstić information content (AvgIpc) is 2.81. The van der Waals surface area contributed by atoms with Gasteiger partial charge in [-0.25, -0.2) is 0 Å². The Morgan fingerprint density at radius 3 is 2.52 bits per heavy atom. The Bertz CT molecular complexity index is 527. The molecule has 2 fully saturated rings. The van der Waals surface area contributed by atoms with E-state index in [1.807, 2.05) is 5.57 Å². The van der Waals surface area contributed by atoms with Crippen molar-refractivity contribution in [3.8, 4) is 0 Å². The van der Waals surface area contributed by atoms with Crippen LogP contribution in [0.4, 0.5) is 0 Å². The van der Waals surface area contributed by atoms with E-state index in [0.717, 1.165) is 17.8 Å². The summed E-state index contributed by atoms with van der Waals surface area (Å²) in [5.74, 6) is 2.61. The minimum atomic E-state index is 0.328. The summed E-state index contributed by atoms with van der Waals surface area (Å²) in [7, 11) is 0. The number of hydrogen-bond acceptors (Lipinski definition) is 0. The van der Waals surface area contributed by atoms with Crippen LogP contribution in [0.5, 0.6) is 0 Å². The third-order valence-corrected chi connectivity index (χ3v) is 7.78. The molecule has 0 aromatic rings. The summed E-state index contributed by atoms with van der Waals surface area (Å²) >= 11 is 0. The fourth-order valence-corrected chi connectivity index (χ4v) is 6.66. The van der Waals surface area contributed by atoms with Crippen molar-refractivity contribution in [2.45, 2.75) is 87.0 Å². The number of allylic oxidation sites excluding steroid dienone is 4. The van der Waals surface area contributed by atoms with Gasteiger partial charge in [0.05, 0.1) is 0 Å². The molecule has 3 aliphatic carbocycles. The van der Waals surface area contributed by atoms with Crippen LogP contribution in [0.1, 0.15) is 87.0 Å². The molecule has 0 heterocycles. The molecule has 0 radical (unpaired) electrons. The molecule has 0 aliphatic heterocycles. The van der Waals surface area contributed by atoms with Gasteiger partial charge in [0.15, 0.2) is 0 Å². The van der Waals surface area contributed by atoms with Gasteiger partial charge < -0.3 is 0 Å². The quantitative estimate of drug-likeness (QED) is 0.484. The highest BCUT2D eigenvalue weighted by Crippen LogP contribution is 2.84. The Hall–Kier alpha value is -0.520. The van der Waals surface area contributed by atoms with E-state index in [0.29, 0.717) is 16.2 Å². The van der Waals surface area contributed by atoms with E-state index in [1.165, 1.54) is 38.5 Å². The van der Waals surface area contributed by atoms with E-state index < -0.39 is 0 Å². The zero-order valence-corrected chi connectivity index (χ0v) is 16.6. The van der Waals surface area contributed by atoms with E-state index in [1.54, 1.807) is 5.57 Å². The third-order valence-electron chi connectivity index (χ3n) is 7.78. The first-order valence-corrected chi connectivity index (χ1v) is 10.0. The van der Waals surface area contributed by atoms with E-state index >= 15 is 0 Å². The monoisotopic (exact) mass is 314 g/mol. The first kappa shape index (κ1) is 17.3. The lowest BCUT2D eigenvalue weighted by atomic mass is 9.71. The second-order valence-electron chi connectivity index (χ2n) is 10.2. The van der Waals surface area contributed by atoms with Crippen LogP contribution in [0.3, 0.4) is 0 Å². The predicted molar refractivity (Wildman–Crippen MR) is 101 cm³/mol. The van der Waals surface area contributed by atoms with Gasteiger partial charge in [0.1, 0.15) is 0 Å². The van der Waals surface area contributed by atoms with Gasteiger partial charge >= 0.3 is 0 Å². The van der Waals surface area contributed by atoms with Gasteiger partial charge in [-0.2, -0.15) is 0 Å². The highest BCUT2D eigenvalue weighted by molar-refractivity contribution is 5.44. The van der Waals surface area contributed by atoms with Gasteiger partial charge in [-0.15, -0.1) is 0 Å². The van der Waals surface area contributed by atoms with Crippen molar-refractivity contribution in [2.75, 3.05) is 0 Å². The van der Waals surface area contributed by atoms with E-state index in [2.05, 4.69) is 60.6 Å². The number of rotatable bonds is 3. The second-order valence-corrected chi connectivity index (χ2v) is 10.2. The molecular weight excluding hydrogens is 276 g/mol. The van der Waals surface area contributed by atoms with Gasteiger partial charge in [0.2, 0.25) is 0 Å². The van der Waals surface area contributed by atoms with Crippen LogP contribution in [-0.2, 0) is 0 Å². The molecule has 130 valence electrons. The Morgan fingerprint density at radius 1 is 1.22 bits per heavy atom. The van der Waals surface area contributed by atoms with Crippen LogP contribution in [0.2, 0.25) is 0 Å². The summed E-state index contributed by atoms with van der Waals surface area (Å²) in [5.41, 5.74) is 5.07. The first-order chi connectivity index (χ1) is 10.7. The molecular formula is C23H38. The summed E-state index contributed by atoms with van der Waals surface area (Å²) < 4.78 is 0. The van der Waals surface area contributed by atoms with Gasteiger partial charge in [-0.3, -0.25) is 0 Å². The van der Waals surface area contributed by atoms with Gasteiger partial charge in [0.25, 0.3) is 0 Å². The van der Waals surface area contributed by atoms with Crippen molar-refractivity contribution in [3.63, 3.8) is 0 Å². The molecule has 3 unspecified atom stereocenters. The van der Waals surface area contributed by atoms with Gasteiger partial charge in [-0.05, 0) is 74.0 Å². The fourth-order valence-electron chi connectivity index (χ4n) is 6.66. The van der Waals surface area contributed by atoms with E-state index in [9.17, 15) is 0 Å². The van der Waals surface area contributed by atoms with Crippen molar-refractivity contribution < 1.29 is 0 Å². The standard InChI is InChI=1S/C23H38/c1-16(2)15-17(3)22-13-9-8-12-20(22)23(22)14-10-11-19(23)18(4)21(5,6)7/h8-9,16-17,20H,10-15H2,1-7H3/b19-18-/t17?,20?,22?,23-/m1/s1. The Morgan fingerprint density at radius 2 is 1.91 bits per heavy atom. The molecule has 0 saturated heterocycles. The van der Waals surface area contributed by atoms with Crippen LogP contribution in [0, 0.1) is 34.0 Å². The summed E-state index contributed by atoms with van der Waals surface area (Å²) in [4.78, 5) is 0. The summed E-state index contributed by atoms with van der Waals surface area (Å²) in [6.45, 7) is 17.1. The maximum atomic E-state index is 2.57. The van der Waals surface area contributed by atoms with Crippen molar-refractivity contribution in [2.24, 2.45) is 34.0 Å². The van der Waals surface area contributed by atoms with Gasteiger partial charge in [0, 0.05) is 5.41 Å². The number of hydrogen-bond donors (Lipinski definition) is 0. The Kier molecular flexibility index (Phi) is 4.14. The van der Waals surface area contributed by atoms with Crippen molar-refractivity contribution >= 4 is 0 Å². The molecule has 0 heteroatoms. The smallest absolute Gasteiger partial charge is 0.00168 e. The largest absolute Gasteiger partial charge is 0.0882 e. The highest BCUT2D eigenvalue weighted by Gasteiger charge is 2.78. The van der Waals surface area contributed by atoms with Crippen LogP contribution in [0.25, 0.3) is 0 Å². The zero-order chi connectivity index (χ0) is 17.0. The maximum Gasteiger partial charge on any atom is 0.00168 e. The lowest BCUT2D eigenvalue weighted by Crippen LogP contribution is -2.24. The molecule has 0 amide bonds. The number of fused-ring (bicyclic) bond motifs is 3. The normalized spacial score (nSPS) is 39.7. The van der Waals surface area contributed by atoms with Crippen LogP contribution in [0.15, 0.2) is 23.3 Å². The second kappa shape index (κ2) is 5.50. The molecule has 0 aromatic carbocycles. The first-order valence-electron chi connectivity index (χ1n) is 10.0. The molecule has 3 rings (SSSR count). The van der Waals surface area contributed by atoms with Gasteiger partial charge in [-0.1, -0.05) is 64.8 Å². The minimum absolute atomic E-state index is 0.328. The van der Waals surface area contributed by atoms with Crippen molar-refractivity contribution in [1.82, 2.24) is 0 Å². The molecule has 0 nitrogen and oxygen atoms in total. The third kappa shape index (κ3) is 2.30. The molecule has 3 aliphatic rings. The average molecular weight is 315 g/mol. The van der Waals surface area contributed by atoms with Crippen molar-refractivity contribution in [3.05, 3.63) is 23.3 Å². The molecule has 1 spiro atoms. The minimum Gasteiger partial charge on any atom is -0.0882 e.